The molecule has 0 aliphatic carbocycles. The molecule has 5 aromatic rings. The van der Waals surface area contributed by atoms with Crippen LogP contribution in [-0.2, 0) is 6.54 Å². The van der Waals surface area contributed by atoms with Crippen molar-refractivity contribution < 1.29 is 4.79 Å². The average Bonchev–Trinajstić information content (AvgIpc) is 2.91. The van der Waals surface area contributed by atoms with Crippen molar-refractivity contribution in [1.82, 2.24) is 14.9 Å². The van der Waals surface area contributed by atoms with E-state index < -0.39 is 0 Å². The molecule has 0 saturated heterocycles. The summed E-state index contributed by atoms with van der Waals surface area (Å²) in [5.74, 6) is 0.371. The number of fused-ring (bicyclic) bond motifs is 1. The summed E-state index contributed by atoms with van der Waals surface area (Å²) >= 11 is 3.68. The highest BCUT2D eigenvalue weighted by molar-refractivity contribution is 9.10. The first kappa shape index (κ1) is 25.6. The minimum atomic E-state index is -0.138. The standard InChI is InChI=1S/C31H28BrN5O/c1-20-17-28(22(19-37(2)3)18-27(20)33-30(38)21-11-5-4-6-12-21)35-31-34-26-16-10-8-14-24(26)29(36-31)23-13-7-9-15-25(23)32/h4-18H,19H2,1-3H3,(H,33,38)(H,34,35,36). The smallest absolute Gasteiger partial charge is 0.255 e. The summed E-state index contributed by atoms with van der Waals surface area (Å²) < 4.78 is 0.970. The summed E-state index contributed by atoms with van der Waals surface area (Å²) in [5.41, 5.74) is 6.94. The van der Waals surface area contributed by atoms with Crippen LogP contribution in [0.25, 0.3) is 22.2 Å². The van der Waals surface area contributed by atoms with E-state index in [0.29, 0.717) is 18.1 Å². The van der Waals surface area contributed by atoms with Crippen LogP contribution in [0, 0.1) is 6.92 Å². The molecule has 1 amide bonds. The van der Waals surface area contributed by atoms with Gasteiger partial charge in [-0.15, -0.1) is 0 Å². The van der Waals surface area contributed by atoms with Gasteiger partial charge in [-0.1, -0.05) is 70.5 Å². The molecule has 1 heterocycles. The third kappa shape index (κ3) is 5.59. The van der Waals surface area contributed by atoms with Crippen LogP contribution in [0.2, 0.25) is 0 Å². The molecular weight excluding hydrogens is 538 g/mol. The molecule has 0 saturated carbocycles. The summed E-state index contributed by atoms with van der Waals surface area (Å²) in [5, 5.41) is 7.53. The lowest BCUT2D eigenvalue weighted by Crippen LogP contribution is -2.16. The van der Waals surface area contributed by atoms with Crippen molar-refractivity contribution in [3.8, 4) is 11.3 Å². The maximum Gasteiger partial charge on any atom is 0.255 e. The van der Waals surface area contributed by atoms with Gasteiger partial charge in [0, 0.05) is 38.9 Å². The number of nitrogens with one attached hydrogen (secondary N) is 2. The number of aromatic nitrogens is 2. The van der Waals surface area contributed by atoms with E-state index in [1.165, 1.54) is 0 Å². The second-order valence-electron chi connectivity index (χ2n) is 9.40. The van der Waals surface area contributed by atoms with Crippen LogP contribution in [0.5, 0.6) is 0 Å². The van der Waals surface area contributed by atoms with Crippen LogP contribution in [-0.4, -0.2) is 34.9 Å². The fraction of sp³-hybridized carbons (Fsp3) is 0.129. The number of carbonyl (C=O) groups is 1. The number of amides is 1. The number of rotatable bonds is 7. The van der Waals surface area contributed by atoms with Crippen LogP contribution in [0.4, 0.5) is 17.3 Å². The van der Waals surface area contributed by atoms with Crippen molar-refractivity contribution in [1.29, 1.82) is 0 Å². The van der Waals surface area contributed by atoms with Crippen LogP contribution < -0.4 is 10.6 Å². The van der Waals surface area contributed by atoms with Gasteiger partial charge in [0.15, 0.2) is 0 Å². The van der Waals surface area contributed by atoms with Gasteiger partial charge in [0.1, 0.15) is 0 Å². The van der Waals surface area contributed by atoms with Crippen molar-refractivity contribution in [2.75, 3.05) is 24.7 Å². The molecule has 7 heteroatoms. The zero-order chi connectivity index (χ0) is 26.6. The van der Waals surface area contributed by atoms with Gasteiger partial charge in [0.2, 0.25) is 5.95 Å². The topological polar surface area (TPSA) is 70.2 Å². The van der Waals surface area contributed by atoms with E-state index in [4.69, 9.17) is 9.97 Å². The fourth-order valence-electron chi connectivity index (χ4n) is 4.37. The van der Waals surface area contributed by atoms with Gasteiger partial charge < -0.3 is 15.5 Å². The van der Waals surface area contributed by atoms with Crippen LogP contribution in [0.3, 0.4) is 0 Å². The molecule has 5 rings (SSSR count). The zero-order valence-electron chi connectivity index (χ0n) is 21.5. The van der Waals surface area contributed by atoms with Gasteiger partial charge in [-0.25, -0.2) is 9.97 Å². The van der Waals surface area contributed by atoms with Crippen molar-refractivity contribution in [2.45, 2.75) is 13.5 Å². The van der Waals surface area contributed by atoms with E-state index in [0.717, 1.165) is 49.1 Å². The predicted molar refractivity (Wildman–Crippen MR) is 159 cm³/mol. The Morgan fingerprint density at radius 1 is 0.868 bits per heavy atom. The lowest BCUT2D eigenvalue weighted by molar-refractivity contribution is 0.102. The van der Waals surface area contributed by atoms with Crippen molar-refractivity contribution in [3.63, 3.8) is 0 Å². The normalized spacial score (nSPS) is 11.1. The molecule has 38 heavy (non-hydrogen) atoms. The molecule has 0 atom stereocenters. The molecule has 0 aliphatic heterocycles. The number of aryl methyl sites for hydroxylation is 1. The van der Waals surface area contributed by atoms with Crippen LogP contribution >= 0.6 is 15.9 Å². The van der Waals surface area contributed by atoms with E-state index in [-0.39, 0.29) is 5.91 Å². The van der Waals surface area contributed by atoms with E-state index in [2.05, 4.69) is 37.5 Å². The van der Waals surface area contributed by atoms with Gasteiger partial charge in [0.05, 0.1) is 11.2 Å². The lowest BCUT2D eigenvalue weighted by atomic mass is 10.1. The SMILES string of the molecule is Cc1cc(Nc2nc(-c3ccccc3Br)c3ccccc3n2)c(CN(C)C)cc1NC(=O)c1ccccc1. The van der Waals surface area contributed by atoms with Gasteiger partial charge in [0.25, 0.3) is 5.91 Å². The number of halogens is 1. The molecule has 0 radical (unpaired) electrons. The summed E-state index contributed by atoms with van der Waals surface area (Å²) in [6, 6.07) is 29.4. The predicted octanol–water partition coefficient (Wildman–Crippen LogP) is 7.43. The van der Waals surface area contributed by atoms with Crippen molar-refractivity contribution in [3.05, 3.63) is 112 Å². The van der Waals surface area contributed by atoms with E-state index in [1.807, 2.05) is 93.8 Å². The summed E-state index contributed by atoms with van der Waals surface area (Å²) in [4.78, 5) is 24.7. The molecule has 2 N–H and O–H groups in total. The Hall–Kier alpha value is -4.07. The second-order valence-corrected chi connectivity index (χ2v) is 10.3. The van der Waals surface area contributed by atoms with E-state index >= 15 is 0 Å². The van der Waals surface area contributed by atoms with E-state index in [9.17, 15) is 4.79 Å². The molecule has 0 aliphatic rings. The minimum absolute atomic E-state index is 0.138. The second kappa shape index (κ2) is 11.1. The summed E-state index contributed by atoms with van der Waals surface area (Å²) in [6.07, 6.45) is 0. The Labute approximate surface area is 230 Å². The van der Waals surface area contributed by atoms with Crippen molar-refractivity contribution in [2.24, 2.45) is 0 Å². The molecule has 190 valence electrons. The highest BCUT2D eigenvalue weighted by Crippen LogP contribution is 2.34. The number of carbonyl (C=O) groups excluding carboxylic acids is 1. The Kier molecular flexibility index (Phi) is 7.49. The fourth-order valence-corrected chi connectivity index (χ4v) is 4.84. The van der Waals surface area contributed by atoms with Crippen LogP contribution in [0.15, 0.2) is 95.5 Å². The Balaban J connectivity index is 1.55. The molecule has 0 bridgehead atoms. The number of nitrogens with zero attached hydrogens (tertiary/aromatic N) is 3. The maximum atomic E-state index is 12.8. The molecule has 4 aromatic carbocycles. The summed E-state index contributed by atoms with van der Waals surface area (Å²) in [6.45, 7) is 2.65. The number of para-hydroxylation sites is 1. The van der Waals surface area contributed by atoms with Gasteiger partial charge in [-0.3, -0.25) is 4.79 Å². The highest BCUT2D eigenvalue weighted by Gasteiger charge is 2.16. The van der Waals surface area contributed by atoms with Crippen LogP contribution in [0.1, 0.15) is 21.5 Å². The molecule has 0 spiro atoms. The number of benzene rings is 4. The molecular formula is C31H28BrN5O. The van der Waals surface area contributed by atoms with Crippen molar-refractivity contribution >= 4 is 50.1 Å². The minimum Gasteiger partial charge on any atom is -0.324 e. The van der Waals surface area contributed by atoms with Gasteiger partial charge in [-0.05, 0) is 68.5 Å². The first-order chi connectivity index (χ1) is 18.4. The molecule has 6 nitrogen and oxygen atoms in total. The number of anilines is 3. The molecule has 0 fully saturated rings. The van der Waals surface area contributed by atoms with Gasteiger partial charge >= 0.3 is 0 Å². The quantitative estimate of drug-likeness (QED) is 0.215. The molecule has 1 aromatic heterocycles. The largest absolute Gasteiger partial charge is 0.324 e. The monoisotopic (exact) mass is 565 g/mol. The maximum absolute atomic E-state index is 12.8. The zero-order valence-corrected chi connectivity index (χ0v) is 23.1. The number of hydrogen-bond donors (Lipinski definition) is 2. The third-order valence-electron chi connectivity index (χ3n) is 6.20. The Bertz CT molecular complexity index is 1620. The number of hydrogen-bond acceptors (Lipinski definition) is 5. The summed E-state index contributed by atoms with van der Waals surface area (Å²) in [7, 11) is 4.03. The highest BCUT2D eigenvalue weighted by atomic mass is 79.9. The molecule has 0 unspecified atom stereocenters. The first-order valence-electron chi connectivity index (χ1n) is 12.3. The average molecular weight is 567 g/mol. The van der Waals surface area contributed by atoms with E-state index in [1.54, 1.807) is 12.1 Å². The Morgan fingerprint density at radius 2 is 1.58 bits per heavy atom. The third-order valence-corrected chi connectivity index (χ3v) is 6.89. The lowest BCUT2D eigenvalue weighted by Gasteiger charge is -2.19. The van der Waals surface area contributed by atoms with Gasteiger partial charge in [-0.2, -0.15) is 0 Å². The first-order valence-corrected chi connectivity index (χ1v) is 13.1. The Morgan fingerprint density at radius 3 is 2.34 bits per heavy atom.